The number of esters is 1. The van der Waals surface area contributed by atoms with Gasteiger partial charge in [-0.3, -0.25) is 19.7 Å². The Bertz CT molecular complexity index is 1560. The Labute approximate surface area is 234 Å². The average Bonchev–Trinajstić information content (AvgIpc) is 2.92. The van der Waals surface area contributed by atoms with E-state index in [1.54, 1.807) is 6.07 Å². The van der Waals surface area contributed by atoms with Crippen molar-refractivity contribution in [3.8, 4) is 5.75 Å². The second-order valence-electron chi connectivity index (χ2n) is 8.84. The van der Waals surface area contributed by atoms with E-state index < -0.39 is 23.8 Å². The highest BCUT2D eigenvalue weighted by Gasteiger charge is 2.36. The number of barbiturate groups is 1. The van der Waals surface area contributed by atoms with Crippen LogP contribution in [-0.2, 0) is 19.1 Å². The first-order valence-corrected chi connectivity index (χ1v) is 12.3. The molecular formula is C29H24ClN3O7. The monoisotopic (exact) mass is 561 g/mol. The summed E-state index contributed by atoms with van der Waals surface area (Å²) in [5.74, 6) is -2.47. The van der Waals surface area contributed by atoms with Crippen LogP contribution in [0.3, 0.4) is 0 Å². The summed E-state index contributed by atoms with van der Waals surface area (Å²) in [6.45, 7) is 3.56. The molecule has 5 amide bonds. The van der Waals surface area contributed by atoms with E-state index in [2.05, 4.69) is 15.4 Å². The molecular weight excluding hydrogens is 538 g/mol. The lowest BCUT2D eigenvalue weighted by Crippen LogP contribution is -2.54. The summed E-state index contributed by atoms with van der Waals surface area (Å²) < 4.78 is 10.2. The van der Waals surface area contributed by atoms with Crippen molar-refractivity contribution < 1.29 is 33.4 Å². The lowest BCUT2D eigenvalue weighted by Gasteiger charge is -2.26. The number of rotatable bonds is 7. The fourth-order valence-electron chi connectivity index (χ4n) is 3.93. The number of aryl methyl sites for hydroxylation is 2. The van der Waals surface area contributed by atoms with Crippen LogP contribution >= 0.6 is 11.6 Å². The van der Waals surface area contributed by atoms with Crippen LogP contribution in [0.15, 0.2) is 66.2 Å². The summed E-state index contributed by atoms with van der Waals surface area (Å²) in [7, 11) is 1.23. The van der Waals surface area contributed by atoms with E-state index >= 15 is 0 Å². The Morgan fingerprint density at radius 2 is 1.73 bits per heavy atom. The number of hydrogen-bond acceptors (Lipinski definition) is 7. The first-order valence-electron chi connectivity index (χ1n) is 12.0. The van der Waals surface area contributed by atoms with Gasteiger partial charge in [0.15, 0.2) is 6.61 Å². The lowest BCUT2D eigenvalue weighted by molar-refractivity contribution is -0.122. The molecule has 2 N–H and O–H groups in total. The van der Waals surface area contributed by atoms with E-state index in [0.29, 0.717) is 11.3 Å². The lowest BCUT2D eigenvalue weighted by atomic mass is 10.1. The Hall–Kier alpha value is -4.96. The summed E-state index contributed by atoms with van der Waals surface area (Å²) in [4.78, 5) is 62.9. The number of methoxy groups -OCH3 is 1. The summed E-state index contributed by atoms with van der Waals surface area (Å²) in [6, 6.07) is 14.8. The van der Waals surface area contributed by atoms with E-state index in [1.165, 1.54) is 49.6 Å². The smallest absolute Gasteiger partial charge is 0.337 e. The van der Waals surface area contributed by atoms with Crippen molar-refractivity contribution in [1.82, 2.24) is 5.32 Å². The molecule has 0 atom stereocenters. The molecule has 0 bridgehead atoms. The molecule has 0 radical (unpaired) electrons. The van der Waals surface area contributed by atoms with Crippen LogP contribution in [0.5, 0.6) is 5.75 Å². The van der Waals surface area contributed by atoms with Crippen molar-refractivity contribution >= 4 is 58.8 Å². The Balaban J connectivity index is 1.47. The van der Waals surface area contributed by atoms with Crippen molar-refractivity contribution in [3.63, 3.8) is 0 Å². The molecule has 0 spiro atoms. The second-order valence-corrected chi connectivity index (χ2v) is 9.25. The molecule has 1 heterocycles. The minimum atomic E-state index is -0.932. The van der Waals surface area contributed by atoms with Gasteiger partial charge in [0.25, 0.3) is 17.7 Å². The fraction of sp³-hybridized carbons (Fsp3) is 0.138. The van der Waals surface area contributed by atoms with Crippen LogP contribution in [0.25, 0.3) is 6.08 Å². The number of anilines is 2. The molecule has 1 fully saturated rings. The first-order chi connectivity index (χ1) is 19.1. The molecule has 0 unspecified atom stereocenters. The van der Waals surface area contributed by atoms with Crippen molar-refractivity contribution in [2.45, 2.75) is 13.8 Å². The van der Waals surface area contributed by atoms with Crippen LogP contribution in [0.4, 0.5) is 16.2 Å². The van der Waals surface area contributed by atoms with Gasteiger partial charge in [-0.25, -0.2) is 14.5 Å². The number of hydrogen-bond donors (Lipinski definition) is 2. The molecule has 4 rings (SSSR count). The zero-order chi connectivity index (χ0) is 29.0. The molecule has 1 aliphatic heterocycles. The predicted octanol–water partition coefficient (Wildman–Crippen LogP) is 4.43. The number of urea groups is 1. The number of amides is 5. The van der Waals surface area contributed by atoms with Gasteiger partial charge in [-0.15, -0.1) is 0 Å². The van der Waals surface area contributed by atoms with Gasteiger partial charge in [0.2, 0.25) is 0 Å². The predicted molar refractivity (Wildman–Crippen MR) is 148 cm³/mol. The van der Waals surface area contributed by atoms with Gasteiger partial charge < -0.3 is 14.8 Å². The summed E-state index contributed by atoms with van der Waals surface area (Å²) in [5, 5.41) is 5.05. The average molecular weight is 562 g/mol. The van der Waals surface area contributed by atoms with Gasteiger partial charge in [-0.1, -0.05) is 35.4 Å². The second kappa shape index (κ2) is 11.8. The van der Waals surface area contributed by atoms with Crippen molar-refractivity contribution in [2.75, 3.05) is 23.9 Å². The number of benzene rings is 3. The first kappa shape index (κ1) is 28.1. The van der Waals surface area contributed by atoms with Crippen LogP contribution in [-0.4, -0.2) is 43.4 Å². The number of carbonyl (C=O) groups excluding carboxylic acids is 5. The van der Waals surface area contributed by atoms with Crippen molar-refractivity contribution in [1.29, 1.82) is 0 Å². The number of imide groups is 2. The molecule has 1 aliphatic rings. The van der Waals surface area contributed by atoms with E-state index in [9.17, 15) is 24.0 Å². The van der Waals surface area contributed by atoms with Crippen molar-refractivity contribution in [2.24, 2.45) is 0 Å². The van der Waals surface area contributed by atoms with Crippen LogP contribution in [0.2, 0.25) is 5.02 Å². The molecule has 10 nitrogen and oxygen atoms in total. The van der Waals surface area contributed by atoms with Gasteiger partial charge in [0.1, 0.15) is 11.3 Å². The third kappa shape index (κ3) is 6.19. The maximum atomic E-state index is 13.1. The third-order valence-corrected chi connectivity index (χ3v) is 6.23. The SMILES string of the molecule is COC(=O)c1ccc(N2C(=O)NC(=O)/C(=C/c3ccc(OCC(=O)Nc4ccc(C)cc4C)c(Cl)c3)C2=O)cc1. The summed E-state index contributed by atoms with van der Waals surface area (Å²) in [5.41, 5.74) is 3.12. The molecule has 3 aromatic carbocycles. The zero-order valence-electron chi connectivity index (χ0n) is 21.7. The number of carbonyl (C=O) groups is 5. The number of halogens is 1. The van der Waals surface area contributed by atoms with Crippen LogP contribution in [0.1, 0.15) is 27.0 Å². The van der Waals surface area contributed by atoms with Gasteiger partial charge in [0, 0.05) is 5.69 Å². The number of nitrogens with one attached hydrogen (secondary N) is 2. The molecule has 0 aromatic heterocycles. The number of ether oxygens (including phenoxy) is 2. The van der Waals surface area contributed by atoms with E-state index in [1.807, 2.05) is 32.0 Å². The Morgan fingerprint density at radius 3 is 2.38 bits per heavy atom. The van der Waals surface area contributed by atoms with Gasteiger partial charge in [-0.05, 0) is 73.5 Å². The van der Waals surface area contributed by atoms with Gasteiger partial charge in [-0.2, -0.15) is 0 Å². The van der Waals surface area contributed by atoms with E-state index in [-0.39, 0.29) is 40.1 Å². The minimum absolute atomic E-state index is 0.142. The summed E-state index contributed by atoms with van der Waals surface area (Å²) in [6.07, 6.45) is 1.28. The zero-order valence-corrected chi connectivity index (χ0v) is 22.5. The standard InChI is InChI=1S/C29H24ClN3O7/c1-16-4-10-23(17(2)12-16)31-25(34)15-40-24-11-5-18(14-22(24)30)13-21-26(35)32-29(38)33(27(21)36)20-8-6-19(7-9-20)28(37)39-3/h4-14H,15H2,1-3H3,(H,31,34)(H,32,35,38)/b21-13-. The Kier molecular flexibility index (Phi) is 8.30. The van der Waals surface area contributed by atoms with Crippen LogP contribution in [0, 0.1) is 13.8 Å². The topological polar surface area (TPSA) is 131 Å². The molecule has 40 heavy (non-hydrogen) atoms. The van der Waals surface area contributed by atoms with E-state index in [0.717, 1.165) is 16.0 Å². The third-order valence-electron chi connectivity index (χ3n) is 5.93. The molecule has 204 valence electrons. The highest BCUT2D eigenvalue weighted by Crippen LogP contribution is 2.28. The normalized spacial score (nSPS) is 14.2. The maximum absolute atomic E-state index is 13.1. The minimum Gasteiger partial charge on any atom is -0.482 e. The molecule has 0 aliphatic carbocycles. The summed E-state index contributed by atoms with van der Waals surface area (Å²) >= 11 is 6.33. The highest BCUT2D eigenvalue weighted by atomic mass is 35.5. The maximum Gasteiger partial charge on any atom is 0.337 e. The van der Waals surface area contributed by atoms with Crippen LogP contribution < -0.4 is 20.3 Å². The van der Waals surface area contributed by atoms with Crippen molar-refractivity contribution in [3.05, 3.63) is 93.5 Å². The highest BCUT2D eigenvalue weighted by molar-refractivity contribution is 6.39. The Morgan fingerprint density at radius 1 is 1.00 bits per heavy atom. The van der Waals surface area contributed by atoms with E-state index in [4.69, 9.17) is 16.3 Å². The molecule has 3 aromatic rings. The molecule has 1 saturated heterocycles. The van der Waals surface area contributed by atoms with Gasteiger partial charge in [0.05, 0.1) is 23.4 Å². The van der Waals surface area contributed by atoms with Gasteiger partial charge >= 0.3 is 12.0 Å². The number of nitrogens with zero attached hydrogens (tertiary/aromatic N) is 1. The largest absolute Gasteiger partial charge is 0.482 e. The molecule has 11 heteroatoms. The fourth-order valence-corrected chi connectivity index (χ4v) is 4.17. The quantitative estimate of drug-likeness (QED) is 0.248. The molecule has 0 saturated carbocycles.